The first-order valence-corrected chi connectivity index (χ1v) is 6.69. The molecule has 104 valence electrons. The van der Waals surface area contributed by atoms with Gasteiger partial charge in [0.05, 0.1) is 0 Å². The van der Waals surface area contributed by atoms with E-state index in [1.807, 2.05) is 24.3 Å². The van der Waals surface area contributed by atoms with Crippen LogP contribution in [0.2, 0.25) is 0 Å². The fourth-order valence-corrected chi connectivity index (χ4v) is 2.73. The lowest BCUT2D eigenvalue weighted by atomic mass is 10.3. The van der Waals surface area contributed by atoms with Gasteiger partial charge >= 0.3 is 12.1 Å². The van der Waals surface area contributed by atoms with Crippen molar-refractivity contribution in [3.05, 3.63) is 43.0 Å². The van der Waals surface area contributed by atoms with Crippen molar-refractivity contribution in [2.24, 2.45) is 0 Å². The zero-order chi connectivity index (χ0) is 14.5. The van der Waals surface area contributed by atoms with Gasteiger partial charge in [-0.25, -0.2) is 4.79 Å². The van der Waals surface area contributed by atoms with Crippen LogP contribution in [0.5, 0.6) is 0 Å². The molecule has 5 nitrogen and oxygen atoms in total. The highest BCUT2D eigenvalue weighted by molar-refractivity contribution is 7.23. The Labute approximate surface area is 119 Å². The van der Waals surface area contributed by atoms with Gasteiger partial charge in [0.15, 0.2) is 0 Å². The molecule has 1 aromatic carbocycles. The molecule has 0 spiro atoms. The van der Waals surface area contributed by atoms with Gasteiger partial charge in [-0.1, -0.05) is 30.9 Å². The number of hydrogen-bond acceptors (Lipinski definition) is 4. The van der Waals surface area contributed by atoms with Crippen molar-refractivity contribution in [1.82, 2.24) is 0 Å². The van der Waals surface area contributed by atoms with Crippen LogP contribution >= 0.6 is 11.3 Å². The number of benzene rings is 1. The van der Waals surface area contributed by atoms with Crippen LogP contribution in [-0.4, -0.2) is 30.3 Å². The summed E-state index contributed by atoms with van der Waals surface area (Å²) in [7, 11) is 0. The summed E-state index contributed by atoms with van der Waals surface area (Å²) in [5.41, 5.74) is 0. The summed E-state index contributed by atoms with van der Waals surface area (Å²) in [4.78, 5) is 23.9. The minimum atomic E-state index is -1.10. The largest absolute Gasteiger partial charge is 0.480 e. The lowest BCUT2D eigenvalue weighted by Crippen LogP contribution is -2.35. The molecular formula is C14H13NO4S. The van der Waals surface area contributed by atoms with Gasteiger partial charge in [-0.15, -0.1) is 11.3 Å². The van der Waals surface area contributed by atoms with Crippen molar-refractivity contribution in [2.45, 2.75) is 0 Å². The lowest BCUT2D eigenvalue weighted by molar-refractivity contribution is -0.135. The molecule has 0 radical (unpaired) electrons. The molecule has 0 aliphatic rings. The zero-order valence-electron chi connectivity index (χ0n) is 10.6. The summed E-state index contributed by atoms with van der Waals surface area (Å²) in [6, 6.07) is 9.37. The van der Waals surface area contributed by atoms with Crippen molar-refractivity contribution in [1.29, 1.82) is 0 Å². The monoisotopic (exact) mass is 291 g/mol. The standard InChI is InChI=1S/C14H13NO4S/c1-2-7-19-14(18)15(9-13(16)17)12-8-10-5-3-4-6-11(10)20-12/h2-6,8H,1,7,9H2,(H,16,17). The molecule has 0 aliphatic heterocycles. The average Bonchev–Trinajstić information content (AvgIpc) is 2.85. The highest BCUT2D eigenvalue weighted by atomic mass is 32.1. The van der Waals surface area contributed by atoms with E-state index in [0.29, 0.717) is 5.00 Å². The predicted molar refractivity (Wildman–Crippen MR) is 78.4 cm³/mol. The van der Waals surface area contributed by atoms with Crippen LogP contribution in [0.25, 0.3) is 10.1 Å². The van der Waals surface area contributed by atoms with E-state index >= 15 is 0 Å². The molecule has 0 atom stereocenters. The first-order chi connectivity index (χ1) is 9.61. The molecular weight excluding hydrogens is 278 g/mol. The molecule has 1 heterocycles. The maximum Gasteiger partial charge on any atom is 0.415 e. The van der Waals surface area contributed by atoms with Gasteiger partial charge in [0.2, 0.25) is 0 Å². The molecule has 1 N–H and O–H groups in total. The maximum atomic E-state index is 11.9. The summed E-state index contributed by atoms with van der Waals surface area (Å²) in [5, 5.41) is 10.4. The van der Waals surface area contributed by atoms with E-state index < -0.39 is 18.6 Å². The van der Waals surface area contributed by atoms with Crippen LogP contribution in [0.15, 0.2) is 43.0 Å². The van der Waals surface area contributed by atoms with Gasteiger partial charge in [-0.05, 0) is 17.5 Å². The molecule has 0 saturated heterocycles. The Kier molecular flexibility index (Phi) is 4.37. The number of rotatable bonds is 5. The van der Waals surface area contributed by atoms with E-state index in [1.54, 1.807) is 6.07 Å². The number of ether oxygens (including phenoxy) is 1. The molecule has 20 heavy (non-hydrogen) atoms. The van der Waals surface area contributed by atoms with Crippen molar-refractivity contribution in [3.63, 3.8) is 0 Å². The van der Waals surface area contributed by atoms with E-state index in [2.05, 4.69) is 6.58 Å². The fourth-order valence-electron chi connectivity index (χ4n) is 1.68. The quantitative estimate of drug-likeness (QED) is 0.859. The number of anilines is 1. The molecule has 0 bridgehead atoms. The number of carboxylic acid groups (broad SMARTS) is 1. The first-order valence-electron chi connectivity index (χ1n) is 5.87. The van der Waals surface area contributed by atoms with Crippen molar-refractivity contribution in [2.75, 3.05) is 18.1 Å². The lowest BCUT2D eigenvalue weighted by Gasteiger charge is -2.17. The fraction of sp³-hybridized carbons (Fsp3) is 0.143. The smallest absolute Gasteiger partial charge is 0.415 e. The topological polar surface area (TPSA) is 66.8 Å². The first kappa shape index (κ1) is 14.1. The van der Waals surface area contributed by atoms with Crippen LogP contribution in [0.4, 0.5) is 9.80 Å². The number of hydrogen-bond donors (Lipinski definition) is 1. The third-order valence-electron chi connectivity index (χ3n) is 2.52. The van der Waals surface area contributed by atoms with Gasteiger partial charge in [0, 0.05) is 4.70 Å². The Morgan fingerprint density at radius 3 is 2.80 bits per heavy atom. The third kappa shape index (κ3) is 3.16. The molecule has 6 heteroatoms. The van der Waals surface area contributed by atoms with E-state index in [-0.39, 0.29) is 6.61 Å². The summed E-state index contributed by atoms with van der Waals surface area (Å²) in [6.45, 7) is 3.05. The maximum absolute atomic E-state index is 11.9. The van der Waals surface area contributed by atoms with Crippen LogP contribution in [0.3, 0.4) is 0 Å². The van der Waals surface area contributed by atoms with E-state index in [0.717, 1.165) is 15.0 Å². The Hall–Kier alpha value is -2.34. The summed E-state index contributed by atoms with van der Waals surface area (Å²) in [5.74, 6) is -1.10. The Balaban J connectivity index is 2.31. The zero-order valence-corrected chi connectivity index (χ0v) is 11.4. The molecule has 0 unspecified atom stereocenters. The van der Waals surface area contributed by atoms with Gasteiger partial charge in [0.1, 0.15) is 18.2 Å². The van der Waals surface area contributed by atoms with Crippen molar-refractivity contribution >= 4 is 38.5 Å². The van der Waals surface area contributed by atoms with Crippen LogP contribution in [0, 0.1) is 0 Å². The number of fused-ring (bicyclic) bond motifs is 1. The van der Waals surface area contributed by atoms with E-state index in [1.165, 1.54) is 17.4 Å². The molecule has 1 aromatic heterocycles. The van der Waals surface area contributed by atoms with E-state index in [4.69, 9.17) is 9.84 Å². The second-order valence-corrected chi connectivity index (χ2v) is 5.03. The minimum Gasteiger partial charge on any atom is -0.480 e. The Bertz CT molecular complexity index is 616. The van der Waals surface area contributed by atoms with Gasteiger partial charge in [-0.3, -0.25) is 9.69 Å². The number of carbonyl (C=O) groups excluding carboxylic acids is 1. The van der Waals surface area contributed by atoms with Crippen LogP contribution in [-0.2, 0) is 9.53 Å². The molecule has 0 fully saturated rings. The predicted octanol–water partition coefficient (Wildman–Crippen LogP) is 3.11. The number of nitrogens with zero attached hydrogens (tertiary/aromatic N) is 1. The normalized spacial score (nSPS) is 10.2. The van der Waals surface area contributed by atoms with Gasteiger partial charge in [0.25, 0.3) is 0 Å². The Morgan fingerprint density at radius 1 is 1.40 bits per heavy atom. The number of thiophene rings is 1. The molecule has 2 rings (SSSR count). The van der Waals surface area contributed by atoms with Gasteiger partial charge in [-0.2, -0.15) is 0 Å². The summed E-state index contributed by atoms with van der Waals surface area (Å²) in [6.07, 6.45) is 0.737. The van der Waals surface area contributed by atoms with Crippen LogP contribution in [0.1, 0.15) is 0 Å². The molecule has 1 amide bonds. The van der Waals surface area contributed by atoms with E-state index in [9.17, 15) is 9.59 Å². The highest BCUT2D eigenvalue weighted by Gasteiger charge is 2.22. The summed E-state index contributed by atoms with van der Waals surface area (Å²) >= 11 is 1.35. The van der Waals surface area contributed by atoms with Gasteiger partial charge < -0.3 is 9.84 Å². The molecule has 2 aromatic rings. The second kappa shape index (κ2) is 6.21. The second-order valence-electron chi connectivity index (χ2n) is 3.97. The summed E-state index contributed by atoms with van der Waals surface area (Å²) < 4.78 is 5.90. The number of carbonyl (C=O) groups is 2. The highest BCUT2D eigenvalue weighted by Crippen LogP contribution is 2.32. The minimum absolute atomic E-state index is 0.0415. The number of aliphatic carboxylic acids is 1. The number of carboxylic acids is 1. The third-order valence-corrected chi connectivity index (χ3v) is 3.66. The molecule has 0 aliphatic carbocycles. The number of amides is 1. The van der Waals surface area contributed by atoms with Crippen LogP contribution < -0.4 is 4.90 Å². The average molecular weight is 291 g/mol. The Morgan fingerprint density at radius 2 is 2.15 bits per heavy atom. The van der Waals surface area contributed by atoms with Crippen molar-refractivity contribution in [3.8, 4) is 0 Å². The van der Waals surface area contributed by atoms with Crippen molar-refractivity contribution < 1.29 is 19.4 Å². The SMILES string of the molecule is C=CCOC(=O)N(CC(=O)O)c1cc2ccccc2s1. The molecule has 0 saturated carbocycles.